The smallest absolute Gasteiger partial charge is 0.270 e. The fraction of sp³-hybridized carbons (Fsp3) is 0.111. The number of benzene rings is 4. The van der Waals surface area contributed by atoms with Gasteiger partial charge in [0.05, 0.1) is 17.2 Å². The monoisotopic (exact) mass is 455 g/mol. The maximum Gasteiger partial charge on any atom is 0.270 e. The van der Waals surface area contributed by atoms with Crippen LogP contribution < -0.4 is 9.64 Å². The number of amides is 1. The minimum Gasteiger partial charge on any atom is -0.493 e. The van der Waals surface area contributed by atoms with Gasteiger partial charge in [0.2, 0.25) is 0 Å². The third-order valence-corrected chi connectivity index (χ3v) is 6.77. The SMILES string of the molecule is CCCOc1ccc2ccccc2c1/C=C1/SC(=S)N(c2cccc3ccccc23)C1=O. The molecule has 0 saturated carbocycles. The van der Waals surface area contributed by atoms with Crippen molar-refractivity contribution in [3.63, 3.8) is 0 Å². The summed E-state index contributed by atoms with van der Waals surface area (Å²) in [6, 6.07) is 26.2. The molecule has 0 N–H and O–H groups in total. The molecule has 0 bridgehead atoms. The molecule has 0 spiro atoms. The number of carbonyl (C=O) groups is 1. The zero-order valence-corrected chi connectivity index (χ0v) is 19.2. The summed E-state index contributed by atoms with van der Waals surface area (Å²) in [7, 11) is 0. The highest BCUT2D eigenvalue weighted by atomic mass is 32.2. The van der Waals surface area contributed by atoms with Crippen molar-refractivity contribution in [3.8, 4) is 5.75 Å². The molecule has 0 aliphatic carbocycles. The molecule has 0 aromatic heterocycles. The van der Waals surface area contributed by atoms with E-state index in [1.165, 1.54) is 11.8 Å². The predicted molar refractivity (Wildman–Crippen MR) is 139 cm³/mol. The van der Waals surface area contributed by atoms with E-state index in [0.717, 1.165) is 45.0 Å². The quantitative estimate of drug-likeness (QED) is 0.235. The van der Waals surface area contributed by atoms with Crippen molar-refractivity contribution in [1.29, 1.82) is 0 Å². The van der Waals surface area contributed by atoms with Crippen LogP contribution in [-0.4, -0.2) is 16.8 Å². The van der Waals surface area contributed by atoms with Gasteiger partial charge in [0.25, 0.3) is 5.91 Å². The molecule has 1 aliphatic heterocycles. The minimum atomic E-state index is -0.106. The van der Waals surface area contributed by atoms with Gasteiger partial charge < -0.3 is 4.74 Å². The number of anilines is 1. The van der Waals surface area contributed by atoms with Crippen molar-refractivity contribution in [3.05, 3.63) is 89.3 Å². The van der Waals surface area contributed by atoms with Crippen LogP contribution in [0.3, 0.4) is 0 Å². The van der Waals surface area contributed by atoms with E-state index in [1.807, 2.05) is 66.7 Å². The van der Waals surface area contributed by atoms with E-state index in [4.69, 9.17) is 17.0 Å². The van der Waals surface area contributed by atoms with Gasteiger partial charge in [-0.25, -0.2) is 0 Å². The van der Waals surface area contributed by atoms with Crippen LogP contribution in [0.15, 0.2) is 83.8 Å². The molecule has 1 fully saturated rings. The van der Waals surface area contributed by atoms with E-state index in [9.17, 15) is 4.79 Å². The largest absolute Gasteiger partial charge is 0.493 e. The molecule has 0 unspecified atom stereocenters. The molecule has 1 aliphatic rings. The van der Waals surface area contributed by atoms with Crippen molar-refractivity contribution in [2.24, 2.45) is 0 Å². The molecule has 1 heterocycles. The zero-order chi connectivity index (χ0) is 22.1. The van der Waals surface area contributed by atoms with Gasteiger partial charge in [-0.05, 0) is 40.8 Å². The van der Waals surface area contributed by atoms with Crippen LogP contribution in [0.1, 0.15) is 18.9 Å². The van der Waals surface area contributed by atoms with E-state index < -0.39 is 0 Å². The average Bonchev–Trinajstić information content (AvgIpc) is 3.10. The summed E-state index contributed by atoms with van der Waals surface area (Å²) in [5, 5.41) is 4.24. The summed E-state index contributed by atoms with van der Waals surface area (Å²) in [6.07, 6.45) is 2.84. The fourth-order valence-corrected chi connectivity index (χ4v) is 5.24. The molecule has 5 rings (SSSR count). The van der Waals surface area contributed by atoms with Crippen LogP contribution in [0.5, 0.6) is 5.75 Å². The van der Waals surface area contributed by atoms with Crippen molar-refractivity contribution in [2.75, 3.05) is 11.5 Å². The third kappa shape index (κ3) is 3.68. The number of thioether (sulfide) groups is 1. The highest BCUT2D eigenvalue weighted by molar-refractivity contribution is 8.27. The number of hydrogen-bond acceptors (Lipinski definition) is 4. The van der Waals surface area contributed by atoms with Gasteiger partial charge >= 0.3 is 0 Å². The topological polar surface area (TPSA) is 29.5 Å². The first-order chi connectivity index (χ1) is 15.7. The van der Waals surface area contributed by atoms with Crippen molar-refractivity contribution >= 4 is 67.5 Å². The molecule has 4 aromatic carbocycles. The first-order valence-electron chi connectivity index (χ1n) is 10.6. The molecule has 158 valence electrons. The normalized spacial score (nSPS) is 15.3. The lowest BCUT2D eigenvalue weighted by atomic mass is 10.0. The highest BCUT2D eigenvalue weighted by Crippen LogP contribution is 2.40. The maximum absolute atomic E-state index is 13.5. The molecule has 3 nitrogen and oxygen atoms in total. The van der Waals surface area contributed by atoms with Crippen LogP contribution in [0, 0.1) is 0 Å². The minimum absolute atomic E-state index is 0.106. The summed E-state index contributed by atoms with van der Waals surface area (Å²) >= 11 is 6.98. The molecule has 5 heteroatoms. The van der Waals surface area contributed by atoms with Gasteiger partial charge in [-0.15, -0.1) is 0 Å². The van der Waals surface area contributed by atoms with Gasteiger partial charge in [-0.2, -0.15) is 0 Å². The Labute approximate surface area is 196 Å². The summed E-state index contributed by atoms with van der Waals surface area (Å²) in [5.41, 5.74) is 1.73. The zero-order valence-electron chi connectivity index (χ0n) is 17.6. The number of ether oxygens (including phenoxy) is 1. The molecular formula is C27H21NO2S2. The molecule has 0 radical (unpaired) electrons. The van der Waals surface area contributed by atoms with Gasteiger partial charge in [-0.1, -0.05) is 97.6 Å². The fourth-order valence-electron chi connectivity index (χ4n) is 3.97. The van der Waals surface area contributed by atoms with Gasteiger partial charge in [-0.3, -0.25) is 9.69 Å². The van der Waals surface area contributed by atoms with Crippen molar-refractivity contribution in [2.45, 2.75) is 13.3 Å². The number of hydrogen-bond donors (Lipinski definition) is 0. The van der Waals surface area contributed by atoms with Gasteiger partial charge in [0, 0.05) is 10.9 Å². The van der Waals surface area contributed by atoms with E-state index in [0.29, 0.717) is 15.8 Å². The Morgan fingerprint density at radius 3 is 2.38 bits per heavy atom. The Bertz CT molecular complexity index is 1390. The number of carbonyl (C=O) groups excluding carboxylic acids is 1. The standard InChI is InChI=1S/C27H21NO2S2/c1-2-16-30-24-15-14-19-9-3-5-11-20(19)22(24)17-25-26(29)28(27(31)32-25)23-13-7-10-18-8-4-6-12-21(18)23/h3-15,17H,2,16H2,1H3/b25-17+. The van der Waals surface area contributed by atoms with E-state index in [2.05, 4.69) is 25.1 Å². The van der Waals surface area contributed by atoms with Crippen LogP contribution >= 0.6 is 24.0 Å². The molecule has 32 heavy (non-hydrogen) atoms. The number of rotatable bonds is 5. The highest BCUT2D eigenvalue weighted by Gasteiger charge is 2.34. The number of thiocarbonyl (C=S) groups is 1. The van der Waals surface area contributed by atoms with Crippen LogP contribution in [0.4, 0.5) is 5.69 Å². The van der Waals surface area contributed by atoms with Crippen LogP contribution in [-0.2, 0) is 4.79 Å². The van der Waals surface area contributed by atoms with Gasteiger partial charge in [0.15, 0.2) is 4.32 Å². The number of nitrogens with zero attached hydrogens (tertiary/aromatic N) is 1. The lowest BCUT2D eigenvalue weighted by molar-refractivity contribution is -0.113. The van der Waals surface area contributed by atoms with Crippen LogP contribution in [0.2, 0.25) is 0 Å². The lowest BCUT2D eigenvalue weighted by Gasteiger charge is -2.17. The average molecular weight is 456 g/mol. The van der Waals surface area contributed by atoms with Crippen LogP contribution in [0.25, 0.3) is 27.6 Å². The summed E-state index contributed by atoms with van der Waals surface area (Å²) in [5.74, 6) is 0.673. The van der Waals surface area contributed by atoms with Crippen molar-refractivity contribution in [1.82, 2.24) is 0 Å². The summed E-state index contributed by atoms with van der Waals surface area (Å²) in [6.45, 7) is 2.70. The molecule has 0 atom stereocenters. The first-order valence-corrected chi connectivity index (χ1v) is 11.8. The van der Waals surface area contributed by atoms with E-state index in [1.54, 1.807) is 4.90 Å². The van der Waals surface area contributed by atoms with Gasteiger partial charge in [0.1, 0.15) is 5.75 Å². The first kappa shape index (κ1) is 20.7. The summed E-state index contributed by atoms with van der Waals surface area (Å²) < 4.78 is 6.56. The Morgan fingerprint density at radius 2 is 1.59 bits per heavy atom. The van der Waals surface area contributed by atoms with E-state index >= 15 is 0 Å². The second-order valence-electron chi connectivity index (χ2n) is 7.56. The predicted octanol–water partition coefficient (Wildman–Crippen LogP) is 7.19. The molecule has 1 amide bonds. The summed E-state index contributed by atoms with van der Waals surface area (Å²) in [4.78, 5) is 15.8. The Morgan fingerprint density at radius 1 is 0.906 bits per heavy atom. The molecule has 1 saturated heterocycles. The maximum atomic E-state index is 13.5. The Kier molecular flexibility index (Phi) is 5.68. The second-order valence-corrected chi connectivity index (χ2v) is 9.24. The molecule has 4 aromatic rings. The Balaban J connectivity index is 1.61. The third-order valence-electron chi connectivity index (χ3n) is 5.47. The molecular weight excluding hydrogens is 434 g/mol. The lowest BCUT2D eigenvalue weighted by Crippen LogP contribution is -2.27. The van der Waals surface area contributed by atoms with E-state index in [-0.39, 0.29) is 5.91 Å². The number of fused-ring (bicyclic) bond motifs is 2. The second kappa shape index (κ2) is 8.77. The Hall–Kier alpha value is -3.15. The van der Waals surface area contributed by atoms with Crippen molar-refractivity contribution < 1.29 is 9.53 Å².